The molecule has 0 saturated heterocycles. The Hall–Kier alpha value is -1.76. The normalized spacial score (nSPS) is 7.14. The maximum absolute atomic E-state index is 8.59. The molecule has 14 heavy (non-hydrogen) atoms. The van der Waals surface area contributed by atoms with Gasteiger partial charge >= 0.3 is 0 Å². The van der Waals surface area contributed by atoms with Crippen LogP contribution in [0.3, 0.4) is 0 Å². The van der Waals surface area contributed by atoms with Crippen LogP contribution < -0.4 is 0 Å². The molecule has 5 nitrogen and oxygen atoms in total. The van der Waals surface area contributed by atoms with Crippen molar-refractivity contribution >= 4 is 29.6 Å². The van der Waals surface area contributed by atoms with Crippen LogP contribution in [0.5, 0.6) is 0 Å². The Morgan fingerprint density at radius 2 is 1.07 bits per heavy atom. The number of hydrogen-bond donors (Lipinski definition) is 1. The minimum Gasteiger partial charge on any atom is -0.336 e. The van der Waals surface area contributed by atoms with Gasteiger partial charge in [0.15, 0.2) is 0 Å². The SMILES string of the molecule is N#Cc1[nH]c(C#N)c(C#N)c1C#N.[Na]. The molecule has 0 atom stereocenters. The van der Waals surface area contributed by atoms with E-state index in [0.29, 0.717) is 0 Å². The van der Waals surface area contributed by atoms with Gasteiger partial charge in [-0.1, -0.05) is 0 Å². The van der Waals surface area contributed by atoms with Gasteiger partial charge in [-0.2, -0.15) is 21.0 Å². The number of nitriles is 4. The zero-order valence-corrected chi connectivity index (χ0v) is 9.29. The van der Waals surface area contributed by atoms with Crippen molar-refractivity contribution in [3.05, 3.63) is 22.5 Å². The Balaban J connectivity index is 0.00000169. The van der Waals surface area contributed by atoms with E-state index in [-0.39, 0.29) is 52.1 Å². The Kier molecular flexibility index (Phi) is 4.44. The predicted molar refractivity (Wildman–Crippen MR) is 45.4 cm³/mol. The molecular formula is C8HN5Na. The molecule has 1 aromatic heterocycles. The largest absolute Gasteiger partial charge is 0.336 e. The minimum absolute atomic E-state index is 0. The zero-order valence-electron chi connectivity index (χ0n) is 7.29. The topological polar surface area (TPSA) is 111 Å². The van der Waals surface area contributed by atoms with Crippen LogP contribution in [0.4, 0.5) is 0 Å². The second-order valence-electron chi connectivity index (χ2n) is 2.07. The van der Waals surface area contributed by atoms with Gasteiger partial charge in [0.1, 0.15) is 46.8 Å². The molecule has 0 bridgehead atoms. The molecule has 0 fully saturated rings. The third-order valence-corrected chi connectivity index (χ3v) is 1.45. The first-order valence-electron chi connectivity index (χ1n) is 3.14. The molecule has 0 saturated carbocycles. The van der Waals surface area contributed by atoms with Crippen LogP contribution in [0, 0.1) is 45.3 Å². The van der Waals surface area contributed by atoms with Gasteiger partial charge in [0.2, 0.25) is 0 Å². The molecule has 0 aromatic carbocycles. The summed E-state index contributed by atoms with van der Waals surface area (Å²) in [5, 5.41) is 34.2. The van der Waals surface area contributed by atoms with Crippen molar-refractivity contribution < 1.29 is 0 Å². The van der Waals surface area contributed by atoms with Crippen LogP contribution in [0.25, 0.3) is 0 Å². The van der Waals surface area contributed by atoms with Crippen molar-refractivity contribution in [1.82, 2.24) is 4.98 Å². The number of rotatable bonds is 0. The molecule has 1 heterocycles. The minimum atomic E-state index is -0.0680. The summed E-state index contributed by atoms with van der Waals surface area (Å²) in [6.45, 7) is 0. The van der Waals surface area contributed by atoms with Gasteiger partial charge in [-0.05, 0) is 0 Å². The molecule has 0 aliphatic rings. The fourth-order valence-corrected chi connectivity index (χ4v) is 0.891. The van der Waals surface area contributed by atoms with E-state index in [1.54, 1.807) is 24.3 Å². The van der Waals surface area contributed by atoms with Gasteiger partial charge in [0.25, 0.3) is 0 Å². The summed E-state index contributed by atoms with van der Waals surface area (Å²) in [5.74, 6) is 0. The molecule has 0 aliphatic carbocycles. The average molecular weight is 190 g/mol. The summed E-state index contributed by atoms with van der Waals surface area (Å²) < 4.78 is 0. The first-order chi connectivity index (χ1) is 6.28. The smallest absolute Gasteiger partial charge is 0.138 e. The first-order valence-corrected chi connectivity index (χ1v) is 3.14. The van der Waals surface area contributed by atoms with Crippen molar-refractivity contribution in [2.75, 3.05) is 0 Å². The van der Waals surface area contributed by atoms with E-state index in [2.05, 4.69) is 4.98 Å². The van der Waals surface area contributed by atoms with Crippen molar-refractivity contribution in [2.45, 2.75) is 0 Å². The third kappa shape index (κ3) is 1.77. The summed E-state index contributed by atoms with van der Waals surface area (Å²) in [6.07, 6.45) is 0. The van der Waals surface area contributed by atoms with Gasteiger partial charge in [0.05, 0.1) is 0 Å². The summed E-state index contributed by atoms with van der Waals surface area (Å²) in [7, 11) is 0. The Morgan fingerprint density at radius 3 is 1.29 bits per heavy atom. The third-order valence-electron chi connectivity index (χ3n) is 1.45. The molecule has 0 unspecified atom stereocenters. The summed E-state index contributed by atoms with van der Waals surface area (Å²) >= 11 is 0. The standard InChI is InChI=1S/C8HN5.Na/c9-1-5-6(2-10)8(4-12)13-7(5)3-11;/h13H;. The maximum Gasteiger partial charge on any atom is 0.138 e. The first kappa shape index (κ1) is 12.2. The van der Waals surface area contributed by atoms with Crippen molar-refractivity contribution in [3.8, 4) is 24.3 Å². The van der Waals surface area contributed by atoms with Gasteiger partial charge in [-0.15, -0.1) is 0 Å². The second-order valence-corrected chi connectivity index (χ2v) is 2.07. The molecule has 6 heteroatoms. The van der Waals surface area contributed by atoms with E-state index in [9.17, 15) is 0 Å². The Labute approximate surface area is 102 Å². The molecule has 59 valence electrons. The van der Waals surface area contributed by atoms with E-state index in [1.807, 2.05) is 0 Å². The molecular weight excluding hydrogens is 189 g/mol. The van der Waals surface area contributed by atoms with E-state index in [0.717, 1.165) is 0 Å². The average Bonchev–Trinajstić information content (AvgIpc) is 2.54. The second kappa shape index (κ2) is 5.07. The molecule has 1 radical (unpaired) electrons. The number of nitrogens with zero attached hydrogens (tertiary/aromatic N) is 4. The van der Waals surface area contributed by atoms with Crippen LogP contribution in [-0.4, -0.2) is 34.5 Å². The summed E-state index contributed by atoms with van der Waals surface area (Å²) in [4.78, 5) is 2.38. The monoisotopic (exact) mass is 190 g/mol. The fraction of sp³-hybridized carbons (Fsp3) is 0. The Morgan fingerprint density at radius 1 is 0.714 bits per heavy atom. The summed E-state index contributed by atoms with van der Waals surface area (Å²) in [5.41, 5.74) is -0.227. The molecule has 1 N–H and O–H groups in total. The number of nitrogens with one attached hydrogen (secondary N) is 1. The zero-order chi connectivity index (χ0) is 9.84. The van der Waals surface area contributed by atoms with Gasteiger partial charge in [0, 0.05) is 29.6 Å². The molecule has 0 aliphatic heterocycles. The van der Waals surface area contributed by atoms with Crippen LogP contribution in [0.1, 0.15) is 22.5 Å². The van der Waals surface area contributed by atoms with Crippen molar-refractivity contribution in [3.63, 3.8) is 0 Å². The van der Waals surface area contributed by atoms with Crippen LogP contribution in [-0.2, 0) is 0 Å². The van der Waals surface area contributed by atoms with E-state index in [1.165, 1.54) is 0 Å². The fourth-order valence-electron chi connectivity index (χ4n) is 0.891. The molecule has 1 aromatic rings. The maximum atomic E-state index is 8.59. The summed E-state index contributed by atoms with van der Waals surface area (Å²) in [6, 6.07) is 6.78. The van der Waals surface area contributed by atoms with Crippen LogP contribution >= 0.6 is 0 Å². The van der Waals surface area contributed by atoms with Crippen molar-refractivity contribution in [2.24, 2.45) is 0 Å². The molecule has 1 rings (SSSR count). The Bertz CT molecular complexity index is 468. The molecule has 0 spiro atoms. The quantitative estimate of drug-likeness (QED) is 0.585. The van der Waals surface area contributed by atoms with E-state index >= 15 is 0 Å². The molecule has 0 amide bonds. The van der Waals surface area contributed by atoms with Crippen molar-refractivity contribution in [1.29, 1.82) is 21.0 Å². The van der Waals surface area contributed by atoms with Crippen LogP contribution in [0.15, 0.2) is 0 Å². The number of H-pyrrole nitrogens is 1. The van der Waals surface area contributed by atoms with Gasteiger partial charge < -0.3 is 4.98 Å². The van der Waals surface area contributed by atoms with Gasteiger partial charge in [-0.3, -0.25) is 0 Å². The van der Waals surface area contributed by atoms with E-state index in [4.69, 9.17) is 21.0 Å². The number of aromatic amines is 1. The van der Waals surface area contributed by atoms with E-state index < -0.39 is 0 Å². The number of hydrogen-bond acceptors (Lipinski definition) is 4. The predicted octanol–water partition coefficient (Wildman–Crippen LogP) is 0.121. The van der Waals surface area contributed by atoms with Gasteiger partial charge in [-0.25, -0.2) is 0 Å². The number of aromatic nitrogens is 1. The van der Waals surface area contributed by atoms with Crippen LogP contribution in [0.2, 0.25) is 0 Å².